The van der Waals surface area contributed by atoms with Gasteiger partial charge in [-0.05, 0) is 28.1 Å². The highest BCUT2D eigenvalue weighted by Gasteiger charge is 2.24. The second-order valence-electron chi connectivity index (χ2n) is 4.10. The summed E-state index contributed by atoms with van der Waals surface area (Å²) in [7, 11) is 5.00. The van der Waals surface area contributed by atoms with Gasteiger partial charge in [0.1, 0.15) is 11.5 Å². The van der Waals surface area contributed by atoms with Crippen molar-refractivity contribution in [1.82, 2.24) is 20.4 Å². The SMILES string of the molecule is COc1ccc(C(NN)c2c(Br)nnn2C)c(OC)c1. The normalized spacial score (nSPS) is 12.2. The molecule has 0 aliphatic carbocycles. The van der Waals surface area contributed by atoms with Crippen molar-refractivity contribution < 1.29 is 9.47 Å². The maximum absolute atomic E-state index is 5.70. The van der Waals surface area contributed by atoms with Crippen molar-refractivity contribution in [2.45, 2.75) is 6.04 Å². The van der Waals surface area contributed by atoms with E-state index in [4.69, 9.17) is 15.3 Å². The third kappa shape index (κ3) is 2.62. The smallest absolute Gasteiger partial charge is 0.153 e. The average Bonchev–Trinajstić information content (AvgIpc) is 2.80. The monoisotopic (exact) mass is 341 g/mol. The predicted octanol–water partition coefficient (Wildman–Crippen LogP) is 1.15. The number of rotatable bonds is 5. The number of nitrogens with zero attached hydrogens (tertiary/aromatic N) is 3. The van der Waals surface area contributed by atoms with Gasteiger partial charge < -0.3 is 9.47 Å². The highest BCUT2D eigenvalue weighted by atomic mass is 79.9. The van der Waals surface area contributed by atoms with Crippen LogP contribution in [0.15, 0.2) is 22.8 Å². The van der Waals surface area contributed by atoms with Crippen LogP contribution in [0, 0.1) is 0 Å². The van der Waals surface area contributed by atoms with Crippen molar-refractivity contribution in [1.29, 1.82) is 0 Å². The van der Waals surface area contributed by atoms with Gasteiger partial charge in [-0.3, -0.25) is 5.84 Å². The first-order chi connectivity index (χ1) is 9.62. The molecule has 2 aromatic rings. The van der Waals surface area contributed by atoms with Crippen molar-refractivity contribution in [3.8, 4) is 11.5 Å². The van der Waals surface area contributed by atoms with Gasteiger partial charge >= 0.3 is 0 Å². The molecule has 2 rings (SSSR count). The number of hydrogen-bond acceptors (Lipinski definition) is 6. The zero-order chi connectivity index (χ0) is 14.7. The first kappa shape index (κ1) is 14.8. The standard InChI is InChI=1S/C12H16BrN5O2/c1-18-11(12(13)16-17-18)10(15-14)8-5-4-7(19-2)6-9(8)20-3/h4-6,10,15H,14H2,1-3H3. The van der Waals surface area contributed by atoms with Crippen LogP contribution in [0.25, 0.3) is 0 Å². The van der Waals surface area contributed by atoms with E-state index in [1.54, 1.807) is 32.0 Å². The Labute approximate surface area is 125 Å². The van der Waals surface area contributed by atoms with Crippen LogP contribution in [-0.4, -0.2) is 29.2 Å². The molecule has 0 saturated heterocycles. The fourth-order valence-electron chi connectivity index (χ4n) is 2.02. The van der Waals surface area contributed by atoms with Gasteiger partial charge in [0.15, 0.2) is 4.60 Å². The number of aryl methyl sites for hydroxylation is 1. The highest BCUT2D eigenvalue weighted by Crippen LogP contribution is 2.34. The van der Waals surface area contributed by atoms with E-state index < -0.39 is 0 Å². The second-order valence-corrected chi connectivity index (χ2v) is 4.85. The lowest BCUT2D eigenvalue weighted by molar-refractivity contribution is 0.386. The maximum atomic E-state index is 5.70. The molecule has 1 heterocycles. The largest absolute Gasteiger partial charge is 0.497 e. The summed E-state index contributed by atoms with van der Waals surface area (Å²) < 4.78 is 12.9. The number of ether oxygens (including phenoxy) is 2. The van der Waals surface area contributed by atoms with Crippen molar-refractivity contribution in [3.05, 3.63) is 34.1 Å². The minimum Gasteiger partial charge on any atom is -0.497 e. The van der Waals surface area contributed by atoms with E-state index in [1.807, 2.05) is 12.1 Å². The van der Waals surface area contributed by atoms with Crippen molar-refractivity contribution >= 4 is 15.9 Å². The molecule has 3 N–H and O–H groups in total. The lowest BCUT2D eigenvalue weighted by Gasteiger charge is -2.19. The number of aromatic nitrogens is 3. The number of nitrogens with one attached hydrogen (secondary N) is 1. The molecule has 0 aliphatic heterocycles. The van der Waals surface area contributed by atoms with Gasteiger partial charge in [0.25, 0.3) is 0 Å². The van der Waals surface area contributed by atoms with Crippen LogP contribution in [0.1, 0.15) is 17.3 Å². The molecular weight excluding hydrogens is 326 g/mol. The Kier molecular flexibility index (Phi) is 4.58. The Morgan fingerprint density at radius 1 is 1.35 bits per heavy atom. The summed E-state index contributed by atoms with van der Waals surface area (Å²) in [4.78, 5) is 0. The fourth-order valence-corrected chi connectivity index (χ4v) is 2.57. The maximum Gasteiger partial charge on any atom is 0.153 e. The Morgan fingerprint density at radius 3 is 2.60 bits per heavy atom. The summed E-state index contributed by atoms with van der Waals surface area (Å²) in [6.07, 6.45) is 0. The third-order valence-corrected chi connectivity index (χ3v) is 3.58. The number of nitrogens with two attached hydrogens (primary N) is 1. The number of benzene rings is 1. The van der Waals surface area contributed by atoms with Gasteiger partial charge in [-0.15, -0.1) is 5.10 Å². The highest BCUT2D eigenvalue weighted by molar-refractivity contribution is 9.10. The molecular formula is C12H16BrN5O2. The molecule has 108 valence electrons. The lowest BCUT2D eigenvalue weighted by atomic mass is 10.0. The Balaban J connectivity index is 2.52. The van der Waals surface area contributed by atoms with Crippen LogP contribution in [0.4, 0.5) is 0 Å². The fraction of sp³-hybridized carbons (Fsp3) is 0.333. The quantitative estimate of drug-likeness (QED) is 0.626. The molecule has 1 unspecified atom stereocenters. The molecule has 0 bridgehead atoms. The van der Waals surface area contributed by atoms with Crippen molar-refractivity contribution in [2.24, 2.45) is 12.9 Å². The Bertz CT molecular complexity index is 582. The molecule has 0 spiro atoms. The van der Waals surface area contributed by atoms with Crippen LogP contribution in [0.5, 0.6) is 11.5 Å². The van der Waals surface area contributed by atoms with Gasteiger partial charge in [0.2, 0.25) is 0 Å². The van der Waals surface area contributed by atoms with E-state index in [1.165, 1.54) is 0 Å². The molecule has 7 nitrogen and oxygen atoms in total. The van der Waals surface area contributed by atoms with E-state index in [0.29, 0.717) is 16.1 Å². The van der Waals surface area contributed by atoms with Gasteiger partial charge in [0, 0.05) is 18.7 Å². The Hall–Kier alpha value is -1.64. The first-order valence-corrected chi connectivity index (χ1v) is 6.64. The van der Waals surface area contributed by atoms with Crippen LogP contribution < -0.4 is 20.7 Å². The lowest BCUT2D eigenvalue weighted by Crippen LogP contribution is -2.31. The molecule has 0 amide bonds. The molecule has 0 fully saturated rings. The molecule has 20 heavy (non-hydrogen) atoms. The van der Waals surface area contributed by atoms with Gasteiger partial charge in [-0.1, -0.05) is 5.21 Å². The number of halogens is 1. The zero-order valence-corrected chi connectivity index (χ0v) is 13.0. The minimum absolute atomic E-state index is 0.315. The van der Waals surface area contributed by atoms with Crippen LogP contribution in [0.3, 0.4) is 0 Å². The van der Waals surface area contributed by atoms with Crippen LogP contribution in [0.2, 0.25) is 0 Å². The minimum atomic E-state index is -0.315. The van der Waals surface area contributed by atoms with E-state index in [0.717, 1.165) is 11.3 Å². The number of methoxy groups -OCH3 is 2. The summed E-state index contributed by atoms with van der Waals surface area (Å²) in [5.41, 5.74) is 4.43. The Morgan fingerprint density at radius 2 is 2.10 bits per heavy atom. The molecule has 0 aliphatic rings. The average molecular weight is 342 g/mol. The molecule has 0 saturated carbocycles. The van der Waals surface area contributed by atoms with E-state index >= 15 is 0 Å². The van der Waals surface area contributed by atoms with Gasteiger partial charge in [0.05, 0.1) is 26.0 Å². The van der Waals surface area contributed by atoms with E-state index in [-0.39, 0.29) is 6.04 Å². The second kappa shape index (κ2) is 6.21. The van der Waals surface area contributed by atoms with Crippen LogP contribution >= 0.6 is 15.9 Å². The van der Waals surface area contributed by atoms with Crippen molar-refractivity contribution in [2.75, 3.05) is 14.2 Å². The topological polar surface area (TPSA) is 87.2 Å². The summed E-state index contributed by atoms with van der Waals surface area (Å²) >= 11 is 3.37. The molecule has 0 radical (unpaired) electrons. The summed E-state index contributed by atoms with van der Waals surface area (Å²) in [5.74, 6) is 7.08. The molecule has 1 aromatic heterocycles. The van der Waals surface area contributed by atoms with Gasteiger partial charge in [-0.25, -0.2) is 10.1 Å². The summed E-state index contributed by atoms with van der Waals surface area (Å²) in [6, 6.07) is 5.23. The first-order valence-electron chi connectivity index (χ1n) is 5.85. The molecule has 1 aromatic carbocycles. The summed E-state index contributed by atoms with van der Waals surface area (Å²) in [6.45, 7) is 0. The number of hydrazine groups is 1. The summed E-state index contributed by atoms with van der Waals surface area (Å²) in [5, 5.41) is 7.93. The van der Waals surface area contributed by atoms with E-state index in [9.17, 15) is 0 Å². The van der Waals surface area contributed by atoms with Gasteiger partial charge in [-0.2, -0.15) is 0 Å². The predicted molar refractivity (Wildman–Crippen MR) is 77.4 cm³/mol. The van der Waals surface area contributed by atoms with Crippen molar-refractivity contribution in [3.63, 3.8) is 0 Å². The number of hydrogen-bond donors (Lipinski definition) is 2. The molecule has 8 heteroatoms. The zero-order valence-electron chi connectivity index (χ0n) is 11.4. The van der Waals surface area contributed by atoms with Crippen LogP contribution in [-0.2, 0) is 7.05 Å². The van der Waals surface area contributed by atoms with E-state index in [2.05, 4.69) is 31.7 Å². The molecule has 1 atom stereocenters. The third-order valence-electron chi connectivity index (χ3n) is 3.02.